The van der Waals surface area contributed by atoms with Gasteiger partial charge in [-0.3, -0.25) is 9.78 Å². The molecule has 0 radical (unpaired) electrons. The van der Waals surface area contributed by atoms with E-state index in [1.165, 1.54) is 6.20 Å². The van der Waals surface area contributed by atoms with Crippen molar-refractivity contribution >= 4 is 16.0 Å². The molecule has 1 aromatic heterocycles. The van der Waals surface area contributed by atoms with Gasteiger partial charge in [-0.1, -0.05) is 24.3 Å². The van der Waals surface area contributed by atoms with Crippen LogP contribution in [0.5, 0.6) is 0 Å². The Labute approximate surface area is 135 Å². The third-order valence-electron chi connectivity index (χ3n) is 3.28. The van der Waals surface area contributed by atoms with Gasteiger partial charge < -0.3 is 5.11 Å². The Kier molecular flexibility index (Phi) is 5.46. The zero-order chi connectivity index (χ0) is 16.9. The number of nitrogens with one attached hydrogen (secondary N) is 1. The lowest BCUT2D eigenvalue weighted by Crippen LogP contribution is -2.23. The second-order valence-corrected chi connectivity index (χ2v) is 7.00. The first-order chi connectivity index (χ1) is 10.9. The molecule has 0 spiro atoms. The van der Waals surface area contributed by atoms with Crippen LogP contribution in [-0.2, 0) is 27.8 Å². The number of sulfonamides is 1. The predicted molar refractivity (Wildman–Crippen MR) is 85.4 cm³/mol. The van der Waals surface area contributed by atoms with E-state index in [9.17, 15) is 13.2 Å². The molecule has 7 heteroatoms. The summed E-state index contributed by atoms with van der Waals surface area (Å²) in [5.74, 6) is -0.839. The van der Waals surface area contributed by atoms with Gasteiger partial charge in [-0.25, -0.2) is 13.1 Å². The maximum atomic E-state index is 12.2. The standard InChI is InChI=1S/C16H18N2O4S/c1-12-8-15(11-17-9-12)23(21,22)18-10-14-4-2-13(3-5-14)6-7-16(19)20/h2-5,8-9,11,18H,6-7,10H2,1H3,(H,19,20). The Morgan fingerprint density at radius 2 is 1.83 bits per heavy atom. The van der Waals surface area contributed by atoms with Gasteiger partial charge in [-0.2, -0.15) is 0 Å². The molecule has 2 aromatic rings. The molecule has 1 aromatic carbocycles. The lowest BCUT2D eigenvalue weighted by molar-refractivity contribution is -0.136. The number of carbonyl (C=O) groups is 1. The zero-order valence-corrected chi connectivity index (χ0v) is 13.5. The Morgan fingerprint density at radius 3 is 2.43 bits per heavy atom. The van der Waals surface area contributed by atoms with Crippen molar-refractivity contribution in [2.24, 2.45) is 0 Å². The van der Waals surface area contributed by atoms with Gasteiger partial charge in [0.05, 0.1) is 0 Å². The first-order valence-electron chi connectivity index (χ1n) is 7.08. The van der Waals surface area contributed by atoms with E-state index in [0.717, 1.165) is 16.7 Å². The van der Waals surface area contributed by atoms with E-state index in [1.807, 2.05) is 0 Å². The van der Waals surface area contributed by atoms with Crippen LogP contribution in [-0.4, -0.2) is 24.5 Å². The molecule has 2 rings (SSSR count). The second-order valence-electron chi connectivity index (χ2n) is 5.23. The van der Waals surface area contributed by atoms with Crippen LogP contribution in [0.25, 0.3) is 0 Å². The number of aliphatic carboxylic acids is 1. The molecular weight excluding hydrogens is 316 g/mol. The van der Waals surface area contributed by atoms with Crippen LogP contribution >= 0.6 is 0 Å². The number of aromatic nitrogens is 1. The van der Waals surface area contributed by atoms with Crippen LogP contribution in [0.15, 0.2) is 47.6 Å². The minimum Gasteiger partial charge on any atom is -0.481 e. The molecule has 23 heavy (non-hydrogen) atoms. The minimum atomic E-state index is -3.60. The topological polar surface area (TPSA) is 96.4 Å². The number of carboxylic acids is 1. The maximum absolute atomic E-state index is 12.2. The fourth-order valence-electron chi connectivity index (χ4n) is 2.01. The van der Waals surface area contributed by atoms with Crippen molar-refractivity contribution < 1.29 is 18.3 Å². The summed E-state index contributed by atoms with van der Waals surface area (Å²) < 4.78 is 26.9. The van der Waals surface area contributed by atoms with E-state index in [1.54, 1.807) is 43.5 Å². The fourth-order valence-corrected chi connectivity index (χ4v) is 3.07. The lowest BCUT2D eigenvalue weighted by atomic mass is 10.1. The molecule has 2 N–H and O–H groups in total. The van der Waals surface area contributed by atoms with E-state index >= 15 is 0 Å². The lowest BCUT2D eigenvalue weighted by Gasteiger charge is -2.08. The summed E-state index contributed by atoms with van der Waals surface area (Å²) in [6.07, 6.45) is 3.43. The maximum Gasteiger partial charge on any atom is 0.303 e. The summed E-state index contributed by atoms with van der Waals surface area (Å²) >= 11 is 0. The van der Waals surface area contributed by atoms with Crippen LogP contribution in [0.4, 0.5) is 0 Å². The molecule has 0 aliphatic carbocycles. The molecule has 0 unspecified atom stereocenters. The first kappa shape index (κ1) is 17.1. The number of nitrogens with zero attached hydrogens (tertiary/aromatic N) is 1. The van der Waals surface area contributed by atoms with Crippen molar-refractivity contribution in [1.29, 1.82) is 0 Å². The number of aryl methyl sites for hydroxylation is 2. The van der Waals surface area contributed by atoms with Crippen LogP contribution in [0.1, 0.15) is 23.1 Å². The highest BCUT2D eigenvalue weighted by Gasteiger charge is 2.14. The Morgan fingerprint density at radius 1 is 1.17 bits per heavy atom. The summed E-state index contributed by atoms with van der Waals surface area (Å²) in [6.45, 7) is 1.94. The van der Waals surface area contributed by atoms with Crippen molar-refractivity contribution in [1.82, 2.24) is 9.71 Å². The van der Waals surface area contributed by atoms with Crippen LogP contribution in [0.2, 0.25) is 0 Å². The molecular formula is C16H18N2O4S. The first-order valence-corrected chi connectivity index (χ1v) is 8.56. The average Bonchev–Trinajstić information content (AvgIpc) is 2.52. The molecule has 122 valence electrons. The van der Waals surface area contributed by atoms with Crippen molar-refractivity contribution in [2.45, 2.75) is 31.2 Å². The van der Waals surface area contributed by atoms with Crippen molar-refractivity contribution in [3.8, 4) is 0 Å². The van der Waals surface area contributed by atoms with Gasteiger partial charge in [-0.15, -0.1) is 0 Å². The molecule has 0 atom stereocenters. The van der Waals surface area contributed by atoms with Crippen LogP contribution < -0.4 is 4.72 Å². The molecule has 0 fully saturated rings. The van der Waals surface area contributed by atoms with Gasteiger partial charge in [0.1, 0.15) is 4.90 Å². The van der Waals surface area contributed by atoms with E-state index in [0.29, 0.717) is 6.42 Å². The highest BCUT2D eigenvalue weighted by Crippen LogP contribution is 2.11. The normalized spacial score (nSPS) is 11.3. The van der Waals surface area contributed by atoms with E-state index < -0.39 is 16.0 Å². The smallest absolute Gasteiger partial charge is 0.303 e. The van der Waals surface area contributed by atoms with E-state index in [4.69, 9.17) is 5.11 Å². The molecule has 0 amide bonds. The highest BCUT2D eigenvalue weighted by molar-refractivity contribution is 7.89. The SMILES string of the molecule is Cc1cncc(S(=O)(=O)NCc2ccc(CCC(=O)O)cc2)c1. The Balaban J connectivity index is 1.99. The molecule has 0 saturated carbocycles. The zero-order valence-electron chi connectivity index (χ0n) is 12.7. The second kappa shape index (κ2) is 7.34. The third-order valence-corrected chi connectivity index (χ3v) is 4.65. The quantitative estimate of drug-likeness (QED) is 0.806. The molecule has 0 saturated heterocycles. The van der Waals surface area contributed by atoms with E-state index in [2.05, 4.69) is 9.71 Å². The van der Waals surface area contributed by atoms with Gasteiger partial charge in [-0.05, 0) is 36.1 Å². The number of hydrogen-bond acceptors (Lipinski definition) is 4. The Hall–Kier alpha value is -2.25. The van der Waals surface area contributed by atoms with Crippen molar-refractivity contribution in [3.63, 3.8) is 0 Å². The van der Waals surface area contributed by atoms with Gasteiger partial charge in [0.25, 0.3) is 0 Å². The molecule has 0 aliphatic heterocycles. The molecule has 0 aliphatic rings. The van der Waals surface area contributed by atoms with Gasteiger partial charge in [0, 0.05) is 25.4 Å². The largest absolute Gasteiger partial charge is 0.481 e. The Bertz CT molecular complexity index is 786. The van der Waals surface area contributed by atoms with Gasteiger partial charge in [0.15, 0.2) is 0 Å². The van der Waals surface area contributed by atoms with Crippen molar-refractivity contribution in [3.05, 3.63) is 59.4 Å². The number of hydrogen-bond donors (Lipinski definition) is 2. The number of benzene rings is 1. The molecule has 0 bridgehead atoms. The van der Waals surface area contributed by atoms with Gasteiger partial charge >= 0.3 is 5.97 Å². The fraction of sp³-hybridized carbons (Fsp3) is 0.250. The minimum absolute atomic E-state index is 0.0757. The summed E-state index contributed by atoms with van der Waals surface area (Å²) in [4.78, 5) is 14.5. The van der Waals surface area contributed by atoms with Crippen LogP contribution in [0, 0.1) is 6.92 Å². The predicted octanol–water partition coefficient (Wildman–Crippen LogP) is 1.89. The molecule has 6 nitrogen and oxygen atoms in total. The number of pyridine rings is 1. The summed E-state index contributed by atoms with van der Waals surface area (Å²) in [6, 6.07) is 8.74. The number of rotatable bonds is 7. The van der Waals surface area contributed by atoms with Gasteiger partial charge in [0.2, 0.25) is 10.0 Å². The number of carboxylic acid groups (broad SMARTS) is 1. The monoisotopic (exact) mass is 334 g/mol. The summed E-state index contributed by atoms with van der Waals surface area (Å²) in [5.41, 5.74) is 2.48. The third kappa shape index (κ3) is 5.15. The van der Waals surface area contributed by atoms with E-state index in [-0.39, 0.29) is 17.9 Å². The van der Waals surface area contributed by atoms with Crippen LogP contribution in [0.3, 0.4) is 0 Å². The van der Waals surface area contributed by atoms with Crippen molar-refractivity contribution in [2.75, 3.05) is 0 Å². The molecule has 1 heterocycles. The average molecular weight is 334 g/mol. The highest BCUT2D eigenvalue weighted by atomic mass is 32.2. The summed E-state index contributed by atoms with van der Waals surface area (Å²) in [7, 11) is -3.60. The summed E-state index contributed by atoms with van der Waals surface area (Å²) in [5, 5.41) is 8.65.